The Labute approximate surface area is 160 Å². The van der Waals surface area contributed by atoms with Crippen LogP contribution in [0.15, 0.2) is 65.9 Å². The Kier molecular flexibility index (Phi) is 4.73. The van der Waals surface area contributed by atoms with E-state index in [9.17, 15) is 0 Å². The van der Waals surface area contributed by atoms with Crippen molar-refractivity contribution < 1.29 is 4.74 Å². The van der Waals surface area contributed by atoms with Gasteiger partial charge in [0.05, 0.1) is 18.5 Å². The second kappa shape index (κ2) is 7.33. The topological polar surface area (TPSA) is 46.5 Å². The van der Waals surface area contributed by atoms with Crippen LogP contribution >= 0.6 is 0 Å². The molecule has 0 saturated carbocycles. The minimum atomic E-state index is 0.220. The summed E-state index contributed by atoms with van der Waals surface area (Å²) >= 11 is 0. The zero-order valence-electron chi connectivity index (χ0n) is 15.9. The summed E-state index contributed by atoms with van der Waals surface area (Å²) in [5.74, 6) is 0.867. The minimum Gasteiger partial charge on any atom is -0.497 e. The second-order valence-corrected chi connectivity index (χ2v) is 6.80. The standard InChI is InChI=1S/C23H23N3O/c1-15-10-23-20(12-19(15)16-6-4-8-18(11-16)27-3)22(24-2)13-21(26-23)17-7-5-9-25-14-17/h4-12,14,22,24H,13H2,1-3H3. The maximum absolute atomic E-state index is 5.39. The normalized spacial score (nSPS) is 15.8. The van der Waals surface area contributed by atoms with Crippen molar-refractivity contribution in [3.8, 4) is 16.9 Å². The SMILES string of the molecule is CNC1CC(c2cccnc2)=Nc2cc(C)c(-c3cccc(OC)c3)cc21. The summed E-state index contributed by atoms with van der Waals surface area (Å²) in [6.45, 7) is 2.14. The summed E-state index contributed by atoms with van der Waals surface area (Å²) in [6.07, 6.45) is 4.52. The van der Waals surface area contributed by atoms with Crippen LogP contribution < -0.4 is 10.1 Å². The van der Waals surface area contributed by atoms with Gasteiger partial charge in [-0.2, -0.15) is 0 Å². The van der Waals surface area contributed by atoms with Crippen molar-refractivity contribution in [2.45, 2.75) is 19.4 Å². The average molecular weight is 357 g/mol. The van der Waals surface area contributed by atoms with Gasteiger partial charge in [0.25, 0.3) is 0 Å². The third-order valence-electron chi connectivity index (χ3n) is 5.13. The molecule has 1 aliphatic rings. The van der Waals surface area contributed by atoms with Gasteiger partial charge >= 0.3 is 0 Å². The van der Waals surface area contributed by atoms with Crippen LogP contribution in [0.4, 0.5) is 5.69 Å². The summed E-state index contributed by atoms with van der Waals surface area (Å²) in [7, 11) is 3.70. The maximum Gasteiger partial charge on any atom is 0.119 e. The smallest absolute Gasteiger partial charge is 0.119 e. The highest BCUT2D eigenvalue weighted by Crippen LogP contribution is 2.39. The lowest BCUT2D eigenvalue weighted by Crippen LogP contribution is -2.23. The first-order chi connectivity index (χ1) is 13.2. The highest BCUT2D eigenvalue weighted by atomic mass is 16.5. The Bertz CT molecular complexity index is 996. The molecule has 2 aromatic carbocycles. The third-order valence-corrected chi connectivity index (χ3v) is 5.13. The summed E-state index contributed by atoms with van der Waals surface area (Å²) in [5, 5.41) is 3.45. The first-order valence-electron chi connectivity index (χ1n) is 9.14. The number of aryl methyl sites for hydroxylation is 1. The number of nitrogens with one attached hydrogen (secondary N) is 1. The number of methoxy groups -OCH3 is 1. The van der Waals surface area contributed by atoms with Crippen LogP contribution in [-0.2, 0) is 0 Å². The largest absolute Gasteiger partial charge is 0.497 e. The average Bonchev–Trinajstić information content (AvgIpc) is 2.73. The molecule has 0 bridgehead atoms. The molecule has 0 radical (unpaired) electrons. The summed E-state index contributed by atoms with van der Waals surface area (Å²) in [6, 6.07) is 16.9. The lowest BCUT2D eigenvalue weighted by Gasteiger charge is -2.26. The van der Waals surface area contributed by atoms with E-state index >= 15 is 0 Å². The van der Waals surface area contributed by atoms with Crippen molar-refractivity contribution in [3.63, 3.8) is 0 Å². The van der Waals surface area contributed by atoms with E-state index in [2.05, 4.69) is 47.6 Å². The summed E-state index contributed by atoms with van der Waals surface area (Å²) in [4.78, 5) is 9.20. The Balaban J connectivity index is 1.82. The Morgan fingerprint density at radius 1 is 1.07 bits per heavy atom. The third kappa shape index (κ3) is 3.36. The Hall–Kier alpha value is -2.98. The van der Waals surface area contributed by atoms with Gasteiger partial charge in [0.2, 0.25) is 0 Å². The number of nitrogens with zero attached hydrogens (tertiary/aromatic N) is 2. The second-order valence-electron chi connectivity index (χ2n) is 6.80. The first-order valence-corrected chi connectivity index (χ1v) is 9.14. The molecule has 0 aliphatic carbocycles. The fourth-order valence-corrected chi connectivity index (χ4v) is 3.65. The fraction of sp³-hybridized carbons (Fsp3) is 0.217. The van der Waals surface area contributed by atoms with E-state index in [1.54, 1.807) is 13.3 Å². The molecule has 27 heavy (non-hydrogen) atoms. The molecule has 1 unspecified atom stereocenters. The van der Waals surface area contributed by atoms with Gasteiger partial charge in [-0.25, -0.2) is 0 Å². The van der Waals surface area contributed by atoms with Crippen LogP contribution in [0.5, 0.6) is 5.75 Å². The molecule has 1 N–H and O–H groups in total. The highest BCUT2D eigenvalue weighted by molar-refractivity contribution is 6.03. The summed E-state index contributed by atoms with van der Waals surface area (Å²) in [5.41, 5.74) is 7.99. The Morgan fingerprint density at radius 3 is 2.67 bits per heavy atom. The molecule has 0 fully saturated rings. The van der Waals surface area contributed by atoms with Crippen LogP contribution in [0.1, 0.15) is 29.2 Å². The molecule has 0 saturated heterocycles. The molecule has 0 spiro atoms. The van der Waals surface area contributed by atoms with Crippen LogP contribution in [0.3, 0.4) is 0 Å². The van der Waals surface area contributed by atoms with Crippen LogP contribution in [0.25, 0.3) is 11.1 Å². The van der Waals surface area contributed by atoms with Gasteiger partial charge in [-0.3, -0.25) is 9.98 Å². The number of hydrogen-bond acceptors (Lipinski definition) is 4. The van der Waals surface area contributed by atoms with Crippen molar-refractivity contribution in [3.05, 3.63) is 77.6 Å². The van der Waals surface area contributed by atoms with Gasteiger partial charge in [0, 0.05) is 30.4 Å². The number of aromatic nitrogens is 1. The predicted molar refractivity (Wildman–Crippen MR) is 110 cm³/mol. The molecule has 4 nitrogen and oxygen atoms in total. The van der Waals surface area contributed by atoms with Gasteiger partial charge in [-0.15, -0.1) is 0 Å². The van der Waals surface area contributed by atoms with Crippen LogP contribution in [0, 0.1) is 6.92 Å². The van der Waals surface area contributed by atoms with E-state index in [4.69, 9.17) is 9.73 Å². The van der Waals surface area contributed by atoms with Gasteiger partial charge in [-0.05, 0) is 66.6 Å². The number of ether oxygens (including phenoxy) is 1. The molecule has 3 aromatic rings. The zero-order chi connectivity index (χ0) is 18.8. The summed E-state index contributed by atoms with van der Waals surface area (Å²) < 4.78 is 5.39. The molecule has 4 rings (SSSR count). The van der Waals surface area contributed by atoms with Gasteiger partial charge < -0.3 is 10.1 Å². The van der Waals surface area contributed by atoms with Crippen molar-refractivity contribution in [1.82, 2.24) is 10.3 Å². The van der Waals surface area contributed by atoms with Gasteiger partial charge in [0.1, 0.15) is 5.75 Å². The lowest BCUT2D eigenvalue weighted by atomic mass is 9.89. The van der Waals surface area contributed by atoms with E-state index in [0.29, 0.717) is 0 Å². The van der Waals surface area contributed by atoms with Gasteiger partial charge in [-0.1, -0.05) is 18.2 Å². The van der Waals surface area contributed by atoms with E-state index in [-0.39, 0.29) is 6.04 Å². The van der Waals surface area contributed by atoms with E-state index in [0.717, 1.165) is 34.7 Å². The predicted octanol–water partition coefficient (Wildman–Crippen LogP) is 4.85. The van der Waals surface area contributed by atoms with Crippen molar-refractivity contribution in [1.29, 1.82) is 0 Å². The molecule has 0 amide bonds. The van der Waals surface area contributed by atoms with Gasteiger partial charge in [0.15, 0.2) is 0 Å². The number of rotatable bonds is 4. The highest BCUT2D eigenvalue weighted by Gasteiger charge is 2.24. The molecule has 1 atom stereocenters. The number of fused-ring (bicyclic) bond motifs is 1. The fourth-order valence-electron chi connectivity index (χ4n) is 3.65. The lowest BCUT2D eigenvalue weighted by molar-refractivity contribution is 0.415. The molecule has 136 valence electrons. The molecule has 2 heterocycles. The van der Waals surface area contributed by atoms with Crippen LogP contribution in [0.2, 0.25) is 0 Å². The minimum absolute atomic E-state index is 0.220. The van der Waals surface area contributed by atoms with Crippen molar-refractivity contribution in [2.75, 3.05) is 14.2 Å². The van der Waals surface area contributed by atoms with Crippen molar-refractivity contribution >= 4 is 11.4 Å². The van der Waals surface area contributed by atoms with Crippen LogP contribution in [-0.4, -0.2) is 24.9 Å². The number of aliphatic imine (C=N–C) groups is 1. The first kappa shape index (κ1) is 17.4. The Morgan fingerprint density at radius 2 is 1.93 bits per heavy atom. The number of hydrogen-bond donors (Lipinski definition) is 1. The number of pyridine rings is 1. The zero-order valence-corrected chi connectivity index (χ0v) is 15.9. The maximum atomic E-state index is 5.39. The van der Waals surface area contributed by atoms with Crippen molar-refractivity contribution in [2.24, 2.45) is 4.99 Å². The molecular weight excluding hydrogens is 334 g/mol. The van der Waals surface area contributed by atoms with E-state index in [1.807, 2.05) is 31.4 Å². The van der Waals surface area contributed by atoms with E-state index < -0.39 is 0 Å². The van der Waals surface area contributed by atoms with E-state index in [1.165, 1.54) is 16.7 Å². The monoisotopic (exact) mass is 357 g/mol. The quantitative estimate of drug-likeness (QED) is 0.726. The molecular formula is C23H23N3O. The number of benzene rings is 2. The molecule has 4 heteroatoms. The molecule has 1 aliphatic heterocycles. The molecule has 1 aromatic heterocycles.